The molecular weight excluding hydrogens is 414 g/mol. The van der Waals surface area contributed by atoms with E-state index in [9.17, 15) is 5.11 Å². The Hall–Kier alpha value is -3.35. The number of aliphatic hydroxyl groups excluding tert-OH is 1. The molecule has 6 nitrogen and oxygen atoms in total. The lowest BCUT2D eigenvalue weighted by molar-refractivity contribution is 0.0968. The van der Waals surface area contributed by atoms with Crippen LogP contribution in [0.25, 0.3) is 5.69 Å². The van der Waals surface area contributed by atoms with E-state index in [0.717, 1.165) is 34.0 Å². The van der Waals surface area contributed by atoms with Gasteiger partial charge in [0.25, 0.3) is 0 Å². The summed E-state index contributed by atoms with van der Waals surface area (Å²) in [7, 11) is 0. The molecule has 0 aliphatic carbocycles. The molecule has 0 aliphatic heterocycles. The molecule has 2 aromatic heterocycles. The summed E-state index contributed by atoms with van der Waals surface area (Å²) in [6, 6.07) is 21.8. The quantitative estimate of drug-likeness (QED) is 0.342. The van der Waals surface area contributed by atoms with E-state index < -0.39 is 6.10 Å². The Labute approximate surface area is 195 Å². The van der Waals surface area contributed by atoms with Gasteiger partial charge in [-0.05, 0) is 62.2 Å². The standard InChI is InChI=1S/C27H31N3O3/c1-4-23(31)17-29(18-25-14-9-15-32-25)19-26-21(3)28-30(22-11-6-5-7-12-22)27(26)33-24-13-8-10-20(2)16-24/h5-16,23,31H,4,17-19H2,1-3H3/t23-/m0/s1. The second-order valence-electron chi connectivity index (χ2n) is 8.35. The largest absolute Gasteiger partial charge is 0.468 e. The van der Waals surface area contributed by atoms with Crippen LogP contribution in [0.5, 0.6) is 11.6 Å². The molecule has 0 amide bonds. The van der Waals surface area contributed by atoms with E-state index in [4.69, 9.17) is 14.3 Å². The third-order valence-corrected chi connectivity index (χ3v) is 5.62. The molecule has 0 spiro atoms. The molecule has 33 heavy (non-hydrogen) atoms. The van der Waals surface area contributed by atoms with Crippen LogP contribution in [0.15, 0.2) is 77.4 Å². The van der Waals surface area contributed by atoms with Crippen molar-refractivity contribution in [2.75, 3.05) is 6.54 Å². The zero-order chi connectivity index (χ0) is 23.2. The van der Waals surface area contributed by atoms with Gasteiger partial charge in [-0.3, -0.25) is 4.90 Å². The predicted molar refractivity (Wildman–Crippen MR) is 129 cm³/mol. The van der Waals surface area contributed by atoms with Crippen molar-refractivity contribution in [3.05, 3.63) is 95.6 Å². The fourth-order valence-electron chi connectivity index (χ4n) is 3.82. The lowest BCUT2D eigenvalue weighted by Crippen LogP contribution is -2.31. The van der Waals surface area contributed by atoms with Gasteiger partial charge in [0.1, 0.15) is 11.5 Å². The van der Waals surface area contributed by atoms with Crippen LogP contribution in [0.4, 0.5) is 0 Å². The number of para-hydroxylation sites is 1. The highest BCUT2D eigenvalue weighted by Crippen LogP contribution is 2.32. The Balaban J connectivity index is 1.72. The highest BCUT2D eigenvalue weighted by molar-refractivity contribution is 5.43. The van der Waals surface area contributed by atoms with Crippen molar-refractivity contribution in [2.45, 2.75) is 46.4 Å². The van der Waals surface area contributed by atoms with Crippen LogP contribution in [0.2, 0.25) is 0 Å². The van der Waals surface area contributed by atoms with E-state index in [0.29, 0.717) is 31.9 Å². The van der Waals surface area contributed by atoms with E-state index in [1.54, 1.807) is 6.26 Å². The lowest BCUT2D eigenvalue weighted by Gasteiger charge is -2.24. The Morgan fingerprint density at radius 2 is 1.85 bits per heavy atom. The van der Waals surface area contributed by atoms with Crippen LogP contribution >= 0.6 is 0 Å². The molecule has 0 saturated heterocycles. The van der Waals surface area contributed by atoms with Gasteiger partial charge in [-0.15, -0.1) is 0 Å². The van der Waals surface area contributed by atoms with Crippen LogP contribution in [-0.4, -0.2) is 32.4 Å². The molecule has 172 valence electrons. The van der Waals surface area contributed by atoms with Crippen LogP contribution < -0.4 is 4.74 Å². The van der Waals surface area contributed by atoms with Crippen LogP contribution in [0.3, 0.4) is 0 Å². The van der Waals surface area contributed by atoms with Gasteiger partial charge in [0, 0.05) is 13.1 Å². The fraction of sp³-hybridized carbons (Fsp3) is 0.296. The van der Waals surface area contributed by atoms with E-state index in [2.05, 4.69) is 4.90 Å². The van der Waals surface area contributed by atoms with Gasteiger partial charge in [0.05, 0.1) is 35.9 Å². The molecule has 0 saturated carbocycles. The Morgan fingerprint density at radius 1 is 1.03 bits per heavy atom. The van der Waals surface area contributed by atoms with Crippen molar-refractivity contribution in [1.29, 1.82) is 0 Å². The van der Waals surface area contributed by atoms with Gasteiger partial charge in [-0.1, -0.05) is 37.3 Å². The number of aliphatic hydroxyl groups is 1. The van der Waals surface area contributed by atoms with E-state index in [-0.39, 0.29) is 0 Å². The number of hydrogen-bond donors (Lipinski definition) is 1. The highest BCUT2D eigenvalue weighted by Gasteiger charge is 2.23. The van der Waals surface area contributed by atoms with E-state index in [1.165, 1.54) is 0 Å². The SMILES string of the molecule is CC[C@H](O)CN(Cc1ccco1)Cc1c(C)nn(-c2ccccc2)c1Oc1cccc(C)c1. The maximum Gasteiger partial charge on any atom is 0.227 e. The molecule has 2 aromatic carbocycles. The molecule has 4 rings (SSSR count). The van der Waals surface area contributed by atoms with E-state index in [1.807, 2.05) is 92.2 Å². The van der Waals surface area contributed by atoms with Crippen molar-refractivity contribution in [3.63, 3.8) is 0 Å². The third kappa shape index (κ3) is 5.72. The van der Waals surface area contributed by atoms with Crippen LogP contribution in [0.1, 0.15) is 35.9 Å². The number of aromatic nitrogens is 2. The topological polar surface area (TPSA) is 63.7 Å². The zero-order valence-corrected chi connectivity index (χ0v) is 19.4. The molecular formula is C27H31N3O3. The molecule has 0 bridgehead atoms. The first-order valence-corrected chi connectivity index (χ1v) is 11.3. The van der Waals surface area contributed by atoms with Crippen LogP contribution in [-0.2, 0) is 13.1 Å². The highest BCUT2D eigenvalue weighted by atomic mass is 16.5. The Morgan fingerprint density at radius 3 is 2.55 bits per heavy atom. The summed E-state index contributed by atoms with van der Waals surface area (Å²) >= 11 is 0. The predicted octanol–water partition coefficient (Wildman–Crippen LogP) is 5.65. The smallest absolute Gasteiger partial charge is 0.227 e. The van der Waals surface area contributed by atoms with Crippen molar-refractivity contribution >= 4 is 0 Å². The molecule has 0 aliphatic rings. The van der Waals surface area contributed by atoms with Gasteiger partial charge in [0.15, 0.2) is 0 Å². The van der Waals surface area contributed by atoms with Gasteiger partial charge in [-0.2, -0.15) is 5.10 Å². The van der Waals surface area contributed by atoms with Gasteiger partial charge in [0.2, 0.25) is 5.88 Å². The zero-order valence-electron chi connectivity index (χ0n) is 19.4. The van der Waals surface area contributed by atoms with Crippen molar-refractivity contribution in [2.24, 2.45) is 0 Å². The minimum Gasteiger partial charge on any atom is -0.468 e. The number of hydrogen-bond acceptors (Lipinski definition) is 5. The molecule has 6 heteroatoms. The number of furan rings is 1. The first kappa shape index (κ1) is 22.8. The molecule has 1 N–H and O–H groups in total. The van der Waals surface area contributed by atoms with Crippen molar-refractivity contribution in [1.82, 2.24) is 14.7 Å². The van der Waals surface area contributed by atoms with Crippen molar-refractivity contribution < 1.29 is 14.3 Å². The Bertz CT molecular complexity index is 1150. The first-order valence-electron chi connectivity index (χ1n) is 11.3. The molecule has 2 heterocycles. The summed E-state index contributed by atoms with van der Waals surface area (Å²) in [5.41, 5.74) is 3.93. The van der Waals surface area contributed by atoms with Crippen molar-refractivity contribution in [3.8, 4) is 17.3 Å². The molecule has 0 fully saturated rings. The minimum atomic E-state index is -0.425. The molecule has 0 unspecified atom stereocenters. The lowest BCUT2D eigenvalue weighted by atomic mass is 10.2. The number of nitrogens with zero attached hydrogens (tertiary/aromatic N) is 3. The number of ether oxygens (including phenoxy) is 1. The number of benzene rings is 2. The summed E-state index contributed by atoms with van der Waals surface area (Å²) in [5.74, 6) is 2.30. The summed E-state index contributed by atoms with van der Waals surface area (Å²) in [6.45, 7) is 7.71. The molecule has 1 atom stereocenters. The number of aryl methyl sites for hydroxylation is 2. The first-order chi connectivity index (χ1) is 16.0. The summed E-state index contributed by atoms with van der Waals surface area (Å²) in [4.78, 5) is 2.18. The molecule has 4 aromatic rings. The monoisotopic (exact) mass is 445 g/mol. The van der Waals surface area contributed by atoms with Gasteiger partial charge >= 0.3 is 0 Å². The maximum absolute atomic E-state index is 10.4. The minimum absolute atomic E-state index is 0.425. The van der Waals surface area contributed by atoms with Gasteiger partial charge in [-0.25, -0.2) is 4.68 Å². The second-order valence-corrected chi connectivity index (χ2v) is 8.35. The normalized spacial score (nSPS) is 12.3. The van der Waals surface area contributed by atoms with Crippen LogP contribution in [0, 0.1) is 13.8 Å². The average Bonchev–Trinajstić information content (AvgIpc) is 3.43. The second kappa shape index (κ2) is 10.5. The van der Waals surface area contributed by atoms with Gasteiger partial charge < -0.3 is 14.3 Å². The summed E-state index contributed by atoms with van der Waals surface area (Å²) < 4.78 is 13.9. The molecule has 0 radical (unpaired) electrons. The van der Waals surface area contributed by atoms with E-state index >= 15 is 0 Å². The fourth-order valence-corrected chi connectivity index (χ4v) is 3.82. The summed E-state index contributed by atoms with van der Waals surface area (Å²) in [5, 5.41) is 15.2. The summed E-state index contributed by atoms with van der Waals surface area (Å²) in [6.07, 6.45) is 1.93. The average molecular weight is 446 g/mol. The number of rotatable bonds is 10. The third-order valence-electron chi connectivity index (χ3n) is 5.62. The maximum atomic E-state index is 10.4. The Kier molecular flexibility index (Phi) is 7.27.